The Balaban J connectivity index is 3.67. The molecule has 0 aromatic carbocycles. The van der Waals surface area contributed by atoms with Crippen molar-refractivity contribution in [2.45, 2.75) is 51.7 Å². The Hall–Kier alpha value is -0.610. The lowest BCUT2D eigenvalue weighted by atomic mass is 10.0. The summed E-state index contributed by atoms with van der Waals surface area (Å²) in [5.74, 6) is 0.0187. The zero-order valence-electron chi connectivity index (χ0n) is 10.3. The zero-order chi connectivity index (χ0) is 11.9. The van der Waals surface area contributed by atoms with Crippen LogP contribution in [-0.2, 0) is 9.53 Å². The lowest BCUT2D eigenvalue weighted by molar-refractivity contribution is -0.126. The van der Waals surface area contributed by atoms with E-state index in [9.17, 15) is 4.79 Å². The minimum absolute atomic E-state index is 0.0187. The van der Waals surface area contributed by atoms with Gasteiger partial charge in [-0.3, -0.25) is 4.79 Å². The van der Waals surface area contributed by atoms with Gasteiger partial charge in [0.15, 0.2) is 0 Å². The first kappa shape index (κ1) is 14.4. The van der Waals surface area contributed by atoms with Crippen molar-refractivity contribution in [1.82, 2.24) is 5.32 Å². The molecule has 0 aliphatic rings. The van der Waals surface area contributed by atoms with E-state index in [0.29, 0.717) is 13.0 Å². The highest BCUT2D eigenvalue weighted by Gasteiger charge is 2.20. The second-order valence-corrected chi connectivity index (χ2v) is 4.45. The highest BCUT2D eigenvalue weighted by molar-refractivity contribution is 5.76. The number of rotatable bonds is 7. The van der Waals surface area contributed by atoms with Gasteiger partial charge in [-0.15, -0.1) is 0 Å². The lowest BCUT2D eigenvalue weighted by Gasteiger charge is -2.22. The zero-order valence-corrected chi connectivity index (χ0v) is 10.3. The van der Waals surface area contributed by atoms with Crippen LogP contribution in [0, 0.1) is 0 Å². The molecule has 0 radical (unpaired) electrons. The number of hydrogen-bond donors (Lipinski definition) is 2. The summed E-state index contributed by atoms with van der Waals surface area (Å²) >= 11 is 0. The van der Waals surface area contributed by atoms with Crippen molar-refractivity contribution in [2.24, 2.45) is 5.73 Å². The Kier molecular flexibility index (Phi) is 6.52. The van der Waals surface area contributed by atoms with Crippen LogP contribution in [0.3, 0.4) is 0 Å². The van der Waals surface area contributed by atoms with Gasteiger partial charge in [0, 0.05) is 19.7 Å². The highest BCUT2D eigenvalue weighted by Crippen LogP contribution is 2.12. The van der Waals surface area contributed by atoms with E-state index in [-0.39, 0.29) is 11.9 Å². The molecule has 0 aromatic rings. The van der Waals surface area contributed by atoms with E-state index in [1.807, 2.05) is 20.8 Å². The minimum Gasteiger partial charge on any atom is -0.378 e. The smallest absolute Gasteiger partial charge is 0.222 e. The largest absolute Gasteiger partial charge is 0.378 e. The maximum Gasteiger partial charge on any atom is 0.222 e. The molecule has 90 valence electrons. The second-order valence-electron chi connectivity index (χ2n) is 4.45. The summed E-state index contributed by atoms with van der Waals surface area (Å²) in [6.07, 6.45) is 2.15. The molecule has 0 saturated carbocycles. The Labute approximate surface area is 92.6 Å². The van der Waals surface area contributed by atoms with Gasteiger partial charge in [0.2, 0.25) is 5.91 Å². The predicted molar refractivity (Wildman–Crippen MR) is 61.6 cm³/mol. The third kappa shape index (κ3) is 7.33. The molecule has 0 rings (SSSR count). The van der Waals surface area contributed by atoms with Crippen LogP contribution >= 0.6 is 0 Å². The third-order valence-corrected chi connectivity index (χ3v) is 2.50. The molecule has 1 amide bonds. The summed E-state index contributed by atoms with van der Waals surface area (Å²) in [6.45, 7) is 6.48. The van der Waals surface area contributed by atoms with Gasteiger partial charge in [-0.1, -0.05) is 6.92 Å². The van der Waals surface area contributed by atoms with Gasteiger partial charge in [0.05, 0.1) is 12.0 Å². The molecular formula is C11H24N2O2. The molecule has 0 spiro atoms. The van der Waals surface area contributed by atoms with Crippen LogP contribution < -0.4 is 11.1 Å². The monoisotopic (exact) mass is 216 g/mol. The van der Waals surface area contributed by atoms with E-state index < -0.39 is 5.60 Å². The summed E-state index contributed by atoms with van der Waals surface area (Å²) in [6, 6.07) is 0.181. The van der Waals surface area contributed by atoms with E-state index in [2.05, 4.69) is 5.32 Å². The average molecular weight is 216 g/mol. The fraction of sp³-hybridized carbons (Fsp3) is 0.909. The van der Waals surface area contributed by atoms with Gasteiger partial charge in [0.25, 0.3) is 0 Å². The first-order valence-corrected chi connectivity index (χ1v) is 5.48. The first-order chi connectivity index (χ1) is 6.91. The fourth-order valence-corrected chi connectivity index (χ4v) is 1.12. The molecule has 0 heterocycles. The van der Waals surface area contributed by atoms with E-state index in [1.165, 1.54) is 0 Å². The molecule has 3 N–H and O–H groups in total. The van der Waals surface area contributed by atoms with Crippen LogP contribution in [-0.4, -0.2) is 31.2 Å². The Bertz CT molecular complexity index is 193. The van der Waals surface area contributed by atoms with Crippen molar-refractivity contribution < 1.29 is 9.53 Å². The summed E-state index contributed by atoms with van der Waals surface area (Å²) in [5, 5.41) is 2.84. The predicted octanol–water partition coefficient (Wildman–Crippen LogP) is 1.05. The highest BCUT2D eigenvalue weighted by atomic mass is 16.5. The van der Waals surface area contributed by atoms with Gasteiger partial charge >= 0.3 is 0 Å². The summed E-state index contributed by atoms with van der Waals surface area (Å²) in [5.41, 5.74) is 5.34. The van der Waals surface area contributed by atoms with Gasteiger partial charge < -0.3 is 15.8 Å². The van der Waals surface area contributed by atoms with Crippen molar-refractivity contribution in [2.75, 3.05) is 13.7 Å². The van der Waals surface area contributed by atoms with Crippen LogP contribution in [0.4, 0.5) is 0 Å². The van der Waals surface area contributed by atoms with Crippen molar-refractivity contribution >= 4 is 5.91 Å². The number of nitrogens with two attached hydrogens (primary N) is 1. The molecular weight excluding hydrogens is 192 g/mol. The molecule has 0 saturated heterocycles. The SMILES string of the molecule is CCC(N)CCNC(=O)CC(C)(C)OC. The second kappa shape index (κ2) is 6.80. The number of hydrogen-bond acceptors (Lipinski definition) is 3. The number of ether oxygens (including phenoxy) is 1. The normalized spacial score (nSPS) is 13.7. The van der Waals surface area contributed by atoms with Crippen LogP contribution in [0.5, 0.6) is 0 Å². The standard InChI is InChI=1S/C11H24N2O2/c1-5-9(12)6-7-13-10(14)8-11(2,3)15-4/h9H,5-8,12H2,1-4H3,(H,13,14). The van der Waals surface area contributed by atoms with E-state index in [0.717, 1.165) is 12.8 Å². The molecule has 4 heteroatoms. The Morgan fingerprint density at radius 2 is 2.13 bits per heavy atom. The van der Waals surface area contributed by atoms with Crippen LogP contribution in [0.2, 0.25) is 0 Å². The Morgan fingerprint density at radius 3 is 2.60 bits per heavy atom. The van der Waals surface area contributed by atoms with Crippen molar-refractivity contribution in [3.63, 3.8) is 0 Å². The summed E-state index contributed by atoms with van der Waals surface area (Å²) in [7, 11) is 1.61. The summed E-state index contributed by atoms with van der Waals surface area (Å²) < 4.78 is 5.17. The van der Waals surface area contributed by atoms with Crippen LogP contribution in [0.15, 0.2) is 0 Å². The van der Waals surface area contributed by atoms with E-state index >= 15 is 0 Å². The number of carbonyl (C=O) groups is 1. The molecule has 0 fully saturated rings. The number of nitrogens with one attached hydrogen (secondary N) is 1. The molecule has 0 aromatic heterocycles. The van der Waals surface area contributed by atoms with Crippen molar-refractivity contribution in [1.29, 1.82) is 0 Å². The molecule has 0 aliphatic carbocycles. The quantitative estimate of drug-likeness (QED) is 0.668. The Morgan fingerprint density at radius 1 is 1.53 bits per heavy atom. The molecule has 1 unspecified atom stereocenters. The number of carbonyl (C=O) groups excluding carboxylic acids is 1. The number of methoxy groups -OCH3 is 1. The molecule has 4 nitrogen and oxygen atoms in total. The third-order valence-electron chi connectivity index (χ3n) is 2.50. The average Bonchev–Trinajstić information content (AvgIpc) is 2.16. The maximum absolute atomic E-state index is 11.5. The molecule has 1 atom stereocenters. The summed E-state index contributed by atoms with van der Waals surface area (Å²) in [4.78, 5) is 11.5. The van der Waals surface area contributed by atoms with Crippen molar-refractivity contribution in [3.8, 4) is 0 Å². The molecule has 15 heavy (non-hydrogen) atoms. The van der Waals surface area contributed by atoms with E-state index in [1.54, 1.807) is 7.11 Å². The van der Waals surface area contributed by atoms with Gasteiger partial charge in [0.1, 0.15) is 0 Å². The molecule has 0 bridgehead atoms. The number of amides is 1. The minimum atomic E-state index is -0.392. The maximum atomic E-state index is 11.5. The van der Waals surface area contributed by atoms with Gasteiger partial charge in [-0.2, -0.15) is 0 Å². The van der Waals surface area contributed by atoms with Gasteiger partial charge in [-0.05, 0) is 26.7 Å². The first-order valence-electron chi connectivity index (χ1n) is 5.48. The van der Waals surface area contributed by atoms with Crippen LogP contribution in [0.25, 0.3) is 0 Å². The van der Waals surface area contributed by atoms with E-state index in [4.69, 9.17) is 10.5 Å². The lowest BCUT2D eigenvalue weighted by Crippen LogP contribution is -2.35. The molecule has 0 aliphatic heterocycles. The van der Waals surface area contributed by atoms with Crippen molar-refractivity contribution in [3.05, 3.63) is 0 Å². The van der Waals surface area contributed by atoms with Crippen LogP contribution in [0.1, 0.15) is 40.0 Å². The van der Waals surface area contributed by atoms with Gasteiger partial charge in [-0.25, -0.2) is 0 Å². The fourth-order valence-electron chi connectivity index (χ4n) is 1.12. The topological polar surface area (TPSA) is 64.3 Å².